The highest BCUT2D eigenvalue weighted by Crippen LogP contribution is 2.49. The molecule has 7 amide bonds. The molecule has 11 bridgehead atoms. The molecule has 3 unspecified atom stereocenters. The number of hydrogen-bond donors (Lipinski definition) is 17. The highest BCUT2D eigenvalue weighted by atomic mass is 35.5. The standard InChI is InChI=1S/C67H77Cl2N9O24/c1-24(2)13-36(78(5)6)60(90)76-50-52(84)27-8-11-39(33(68)15-27)98-41-17-29-18-42(57(41)102-66-55(87)54(86)53(85)43(23-79)100-66)99-40-12-9-28(16-34(40)69)56(101-45-22-67(4,71)58(88)25(3)97-45)51-64(94)75-49(65(95)96)32-19-30(80)20-38(82)46(32)31-14-26(7-10-37(31)81)47(61(91)77-51)74-62(92)48(29)73-59(89)35(21-44(70)83)72-63(50)93/h7-12,14-20,24-25,31,35-37,43,45,47-56,66,79-82,84-87H,13,21-23,71H2,1-6H3,(H2,70,83)(H,72,93)(H,73,89)(H,74,92)(H,75,94)(H,76,90)(H,77,91)(H,95,96)/t25-,31?,35?,36+,37?,43+,45-,47+,48+,49+,50+,51-,52+,53+,54-,55+,56+,66-,67-/m0/s1. The van der Waals surface area contributed by atoms with Gasteiger partial charge in [0.05, 0.1) is 40.8 Å². The van der Waals surface area contributed by atoms with E-state index in [4.69, 9.17) is 63.1 Å². The van der Waals surface area contributed by atoms with Crippen LogP contribution in [0.25, 0.3) is 0 Å². The maximum absolute atomic E-state index is 16.1. The van der Waals surface area contributed by atoms with E-state index in [0.717, 1.165) is 60.7 Å². The highest BCUT2D eigenvalue weighted by molar-refractivity contribution is 6.32. The Morgan fingerprint density at radius 3 is 1.99 bits per heavy atom. The predicted molar refractivity (Wildman–Crippen MR) is 353 cm³/mol. The van der Waals surface area contributed by atoms with Crippen LogP contribution in [0.5, 0.6) is 40.2 Å². The Kier molecular flexibility index (Phi) is 22.6. The van der Waals surface area contributed by atoms with Crippen molar-refractivity contribution in [3.05, 3.63) is 122 Å². The zero-order valence-corrected chi connectivity index (χ0v) is 56.8. The number of aliphatic hydroxyl groups is 6. The van der Waals surface area contributed by atoms with Crippen molar-refractivity contribution in [3.63, 3.8) is 0 Å². The smallest absolute Gasteiger partial charge is 0.330 e. The van der Waals surface area contributed by atoms with E-state index in [1.165, 1.54) is 32.0 Å². The monoisotopic (exact) mass is 1460 g/mol. The summed E-state index contributed by atoms with van der Waals surface area (Å²) in [6.45, 7) is 5.45. The molecule has 19 atom stereocenters. The number of benzene rings is 4. The Balaban J connectivity index is 1.25. The SMILES string of the molecule is CC(C)C[C@H](C(=O)N[C@H]1C(=O)NC(CC(N)=O)C(=O)N[C@H]2C(=O)N[C@H]3C(=O)N[C@H](C(=O)N[C@@H](C(=O)O)c4cc(O)cc(O)c4C4C=C3C=CC4O)[C@H](O[C@H]3C[C@](C)(N)C(=O)[C@H](C)O3)c3ccc(c(Cl)c3)Oc3cc2cc(c3O[C@@H]2O[C@H](CO)[C@@H](O)[C@H](O)[C@H]2O)Oc2ccc(cc2Cl)[C@H]1O)N(C)C. The summed E-state index contributed by atoms with van der Waals surface area (Å²) in [7, 11) is 3.19. The fourth-order valence-corrected chi connectivity index (χ4v) is 13.3. The van der Waals surface area contributed by atoms with Crippen molar-refractivity contribution in [2.24, 2.45) is 17.4 Å². The molecule has 0 saturated carbocycles. The van der Waals surface area contributed by atoms with Gasteiger partial charge in [0.25, 0.3) is 0 Å². The number of Topliss-reactive ketones (excluding diaryl/α,β-unsaturated/α-hetero) is 1. The third-order valence-electron chi connectivity index (χ3n) is 18.1. The number of carboxylic acids is 1. The van der Waals surface area contributed by atoms with Crippen LogP contribution in [0.4, 0.5) is 0 Å². The maximum atomic E-state index is 16.1. The van der Waals surface area contributed by atoms with Crippen molar-refractivity contribution < 1.29 is 118 Å². The third kappa shape index (κ3) is 15.9. The molecule has 548 valence electrons. The van der Waals surface area contributed by atoms with Gasteiger partial charge in [0.15, 0.2) is 29.6 Å². The quantitative estimate of drug-likeness (QED) is 0.0806. The molecule has 1 aliphatic carbocycles. The lowest BCUT2D eigenvalue weighted by Crippen LogP contribution is -2.60. The number of phenolic OH excluding ortho intramolecular Hbond substituents is 2. The molecule has 0 aromatic heterocycles. The second-order valence-electron chi connectivity index (χ2n) is 26.4. The Morgan fingerprint density at radius 2 is 1.39 bits per heavy atom. The van der Waals surface area contributed by atoms with Crippen molar-refractivity contribution in [2.75, 3.05) is 20.7 Å². The van der Waals surface area contributed by atoms with Crippen LogP contribution in [0.2, 0.25) is 10.0 Å². The van der Waals surface area contributed by atoms with Gasteiger partial charge in [-0.05, 0) is 111 Å². The second kappa shape index (κ2) is 30.5. The highest BCUT2D eigenvalue weighted by Gasteiger charge is 2.49. The fraction of sp³-hybridized carbons (Fsp3) is 0.448. The largest absolute Gasteiger partial charge is 0.508 e. The van der Waals surface area contributed by atoms with Gasteiger partial charge in [0, 0.05) is 24.0 Å². The Morgan fingerprint density at radius 1 is 0.765 bits per heavy atom. The van der Waals surface area contributed by atoms with E-state index in [1.54, 1.807) is 19.0 Å². The average molecular weight is 1460 g/mol. The average Bonchev–Trinajstić information content (AvgIpc) is 0.764. The molecule has 19 N–H and O–H groups in total. The van der Waals surface area contributed by atoms with Crippen molar-refractivity contribution in [3.8, 4) is 40.2 Å². The number of hydrogen-bond acceptors (Lipinski definition) is 25. The Hall–Kier alpha value is -9.07. The molecule has 102 heavy (non-hydrogen) atoms. The van der Waals surface area contributed by atoms with E-state index >= 15 is 19.2 Å². The van der Waals surface area contributed by atoms with Gasteiger partial charge < -0.3 is 118 Å². The van der Waals surface area contributed by atoms with Crippen molar-refractivity contribution in [2.45, 2.75) is 162 Å². The molecule has 7 aliphatic heterocycles. The first-order valence-corrected chi connectivity index (χ1v) is 32.8. The summed E-state index contributed by atoms with van der Waals surface area (Å²) < 4.78 is 37.9. The summed E-state index contributed by atoms with van der Waals surface area (Å²) in [5.41, 5.74) is 8.56. The molecule has 7 heterocycles. The van der Waals surface area contributed by atoms with E-state index in [0.29, 0.717) is 0 Å². The summed E-state index contributed by atoms with van der Waals surface area (Å²) >= 11 is 14.2. The first-order chi connectivity index (χ1) is 48.0. The summed E-state index contributed by atoms with van der Waals surface area (Å²) in [4.78, 5) is 134. The molecule has 0 radical (unpaired) electrons. The summed E-state index contributed by atoms with van der Waals surface area (Å²) in [5.74, 6) is -17.3. The molecule has 2 saturated heterocycles. The lowest BCUT2D eigenvalue weighted by Gasteiger charge is -2.40. The summed E-state index contributed by atoms with van der Waals surface area (Å²) in [6.07, 6.45) is -16.4. The molecule has 12 rings (SSSR count). The van der Waals surface area contributed by atoms with Gasteiger partial charge in [-0.2, -0.15) is 0 Å². The van der Waals surface area contributed by atoms with Crippen LogP contribution in [0.3, 0.4) is 0 Å². The predicted octanol–water partition coefficient (Wildman–Crippen LogP) is -0.448. The number of phenols is 2. The minimum absolute atomic E-state index is 0.0910. The lowest BCUT2D eigenvalue weighted by molar-refractivity contribution is -0.277. The van der Waals surface area contributed by atoms with Gasteiger partial charge >= 0.3 is 5.97 Å². The maximum Gasteiger partial charge on any atom is 0.330 e. The number of carbonyl (C=O) groups excluding carboxylic acids is 8. The minimum atomic E-state index is -2.34. The van der Waals surface area contributed by atoms with E-state index in [-0.39, 0.29) is 39.8 Å². The number of halogens is 2. The summed E-state index contributed by atoms with van der Waals surface area (Å²) in [5, 5.41) is 116. The van der Waals surface area contributed by atoms with Crippen molar-refractivity contribution in [1.29, 1.82) is 0 Å². The van der Waals surface area contributed by atoms with Gasteiger partial charge in [-0.1, -0.05) is 67.4 Å². The molecule has 0 spiro atoms. The van der Waals surface area contributed by atoms with Crippen LogP contribution in [0.1, 0.15) is 105 Å². The topological polar surface area (TPSA) is 519 Å². The number of nitrogens with zero attached hydrogens (tertiary/aromatic N) is 1. The van der Waals surface area contributed by atoms with Crippen molar-refractivity contribution >= 4 is 76.3 Å². The lowest BCUT2D eigenvalue weighted by atomic mass is 9.80. The molecule has 33 nitrogen and oxygen atoms in total. The van der Waals surface area contributed by atoms with Gasteiger partial charge in [-0.3, -0.25) is 43.3 Å². The number of carboxylic acid groups (broad SMARTS) is 1. The second-order valence-corrected chi connectivity index (χ2v) is 27.2. The number of rotatable bonds is 13. The third-order valence-corrected chi connectivity index (χ3v) is 18.7. The van der Waals surface area contributed by atoms with Crippen LogP contribution in [-0.2, 0) is 57.4 Å². The molecular weight excluding hydrogens is 1390 g/mol. The first-order valence-electron chi connectivity index (χ1n) is 32.1. The fourth-order valence-electron chi connectivity index (χ4n) is 12.8. The number of aliphatic hydroxyl groups excluding tert-OH is 6. The van der Waals surface area contributed by atoms with Gasteiger partial charge in [0.2, 0.25) is 53.4 Å². The zero-order valence-electron chi connectivity index (χ0n) is 55.3. The number of ketones is 1. The number of fused-ring (bicyclic) bond motifs is 14. The molecular formula is C67H77Cl2N9O24. The van der Waals surface area contributed by atoms with Gasteiger partial charge in [-0.25, -0.2) is 4.79 Å². The Labute approximate surface area is 591 Å². The van der Waals surface area contributed by atoms with E-state index in [2.05, 4.69) is 31.9 Å². The number of aliphatic carboxylic acids is 1. The van der Waals surface area contributed by atoms with Crippen LogP contribution >= 0.6 is 23.2 Å². The molecule has 35 heteroatoms. The molecule has 4 aromatic rings. The number of ether oxygens (including phenoxy) is 6. The molecule has 8 aliphatic rings. The van der Waals surface area contributed by atoms with Crippen LogP contribution in [0.15, 0.2) is 84.5 Å². The normalized spacial score (nSPS) is 30.8. The van der Waals surface area contributed by atoms with E-state index in [1.807, 2.05) is 13.8 Å². The first kappa shape index (κ1) is 75.6. The molecule has 2 fully saturated rings. The number of amides is 7. The number of aromatic hydroxyl groups is 2. The van der Waals surface area contributed by atoms with Crippen molar-refractivity contribution in [1.82, 2.24) is 36.8 Å². The number of nitrogens with one attached hydrogen (secondary N) is 6. The Bertz CT molecular complexity index is 4060. The van der Waals surface area contributed by atoms with E-state index < -0.39 is 244 Å². The number of carbonyl (C=O) groups is 9. The minimum Gasteiger partial charge on any atom is -0.508 e. The van der Waals surface area contributed by atoms with Crippen LogP contribution in [-0.4, -0.2) is 210 Å². The van der Waals surface area contributed by atoms with Crippen LogP contribution in [0, 0.1) is 5.92 Å². The number of nitrogens with two attached hydrogens (primary N) is 2. The molecule has 4 aromatic carbocycles. The zero-order chi connectivity index (χ0) is 74.4. The van der Waals surface area contributed by atoms with Gasteiger partial charge in [0.1, 0.15) is 95.9 Å². The summed E-state index contributed by atoms with van der Waals surface area (Å²) in [6, 6.07) is -3.33. The number of primary amides is 1. The van der Waals surface area contributed by atoms with Gasteiger partial charge in [-0.15, -0.1) is 0 Å². The van der Waals surface area contributed by atoms with Crippen LogP contribution < -0.4 is 57.6 Å². The number of likely N-dealkylation sites (N-methyl/N-ethyl adjacent to an activating group) is 1. The van der Waals surface area contributed by atoms with E-state index in [9.17, 15) is 69.9 Å².